The van der Waals surface area contributed by atoms with Crippen molar-refractivity contribution in [2.75, 3.05) is 32.7 Å². The summed E-state index contributed by atoms with van der Waals surface area (Å²) in [6, 6.07) is 8.08. The molecule has 1 aliphatic rings. The Bertz CT molecular complexity index is 834. The van der Waals surface area contributed by atoms with E-state index in [4.69, 9.17) is 0 Å². The summed E-state index contributed by atoms with van der Waals surface area (Å²) < 4.78 is 0. The number of carbonyl (C=O) groups excluding carboxylic acids is 2. The zero-order valence-electron chi connectivity index (χ0n) is 16.8. The Kier molecular flexibility index (Phi) is 5.56. The molecule has 0 atom stereocenters. The summed E-state index contributed by atoms with van der Waals surface area (Å²) in [7, 11) is 0. The van der Waals surface area contributed by atoms with Crippen LogP contribution in [0.3, 0.4) is 0 Å². The summed E-state index contributed by atoms with van der Waals surface area (Å²) in [5.41, 5.74) is 2.57. The van der Waals surface area contributed by atoms with E-state index in [0.717, 1.165) is 23.9 Å². The van der Waals surface area contributed by atoms with Gasteiger partial charge in [0, 0.05) is 42.6 Å². The number of H-pyrrole nitrogens is 1. The molecule has 3 rings (SSSR count). The van der Waals surface area contributed by atoms with Crippen LogP contribution in [0.25, 0.3) is 10.9 Å². The highest BCUT2D eigenvalue weighted by Gasteiger charge is 2.23. The van der Waals surface area contributed by atoms with Gasteiger partial charge in [-0.25, -0.2) is 0 Å². The van der Waals surface area contributed by atoms with Crippen molar-refractivity contribution in [3.63, 3.8) is 0 Å². The molecule has 6 heteroatoms. The fraction of sp³-hybridized carbons (Fsp3) is 0.524. The number of nitrogens with zero attached hydrogens (tertiary/aromatic N) is 2. The maximum Gasteiger partial charge on any atom is 0.270 e. The van der Waals surface area contributed by atoms with Gasteiger partial charge in [0.25, 0.3) is 5.91 Å². The zero-order valence-corrected chi connectivity index (χ0v) is 16.8. The van der Waals surface area contributed by atoms with E-state index < -0.39 is 0 Å². The molecule has 2 N–H and O–H groups in total. The molecule has 1 saturated heterocycles. The summed E-state index contributed by atoms with van der Waals surface area (Å²) in [5, 5.41) is 4.05. The van der Waals surface area contributed by atoms with Crippen molar-refractivity contribution in [3.8, 4) is 0 Å². The molecule has 1 fully saturated rings. The van der Waals surface area contributed by atoms with E-state index >= 15 is 0 Å². The zero-order chi connectivity index (χ0) is 19.6. The maximum atomic E-state index is 12.9. The first-order valence-electron chi connectivity index (χ1n) is 9.63. The Labute approximate surface area is 160 Å². The number of aromatic amines is 1. The molecule has 0 spiro atoms. The molecular formula is C21H30N4O2. The average Bonchev–Trinajstić information content (AvgIpc) is 2.84. The smallest absolute Gasteiger partial charge is 0.270 e. The van der Waals surface area contributed by atoms with E-state index in [1.54, 1.807) is 0 Å². The summed E-state index contributed by atoms with van der Waals surface area (Å²) >= 11 is 0. The van der Waals surface area contributed by atoms with Gasteiger partial charge in [-0.2, -0.15) is 0 Å². The summed E-state index contributed by atoms with van der Waals surface area (Å²) in [6.45, 7) is 11.3. The van der Waals surface area contributed by atoms with Crippen LogP contribution in [0.5, 0.6) is 0 Å². The van der Waals surface area contributed by atoms with E-state index in [-0.39, 0.29) is 17.4 Å². The second kappa shape index (κ2) is 7.72. The molecule has 2 heterocycles. The van der Waals surface area contributed by atoms with Gasteiger partial charge in [0.05, 0.1) is 6.54 Å². The van der Waals surface area contributed by atoms with Crippen LogP contribution in [0.2, 0.25) is 0 Å². The minimum atomic E-state index is -0.223. The first-order valence-corrected chi connectivity index (χ1v) is 9.63. The third-order valence-corrected chi connectivity index (χ3v) is 4.77. The second-order valence-corrected chi connectivity index (χ2v) is 8.49. The molecule has 146 valence electrons. The maximum absolute atomic E-state index is 12.9. The van der Waals surface area contributed by atoms with Crippen molar-refractivity contribution in [2.45, 2.75) is 39.7 Å². The van der Waals surface area contributed by atoms with Crippen LogP contribution in [0, 0.1) is 6.92 Å². The second-order valence-electron chi connectivity index (χ2n) is 8.49. The SMILES string of the molecule is Cc1ccc2cc(C(=O)N3CCCN(CC(=O)NC(C)(C)C)CC3)[nH]c2c1. The van der Waals surface area contributed by atoms with Gasteiger partial charge in [-0.3, -0.25) is 14.5 Å². The number of nitrogens with one attached hydrogen (secondary N) is 2. The third-order valence-electron chi connectivity index (χ3n) is 4.77. The number of aromatic nitrogens is 1. The molecule has 1 aromatic carbocycles. The van der Waals surface area contributed by atoms with E-state index in [2.05, 4.69) is 27.3 Å². The standard InChI is InChI=1S/C21H30N4O2/c1-15-6-7-16-13-18(22-17(16)12-15)20(27)25-9-5-8-24(10-11-25)14-19(26)23-21(2,3)4/h6-7,12-13,22H,5,8-11,14H2,1-4H3,(H,23,26). The summed E-state index contributed by atoms with van der Waals surface area (Å²) in [5.74, 6) is 0.0677. The van der Waals surface area contributed by atoms with Crippen molar-refractivity contribution in [3.05, 3.63) is 35.5 Å². The Morgan fingerprint density at radius 3 is 2.63 bits per heavy atom. The Hall–Kier alpha value is -2.34. The van der Waals surface area contributed by atoms with Crippen molar-refractivity contribution in [1.29, 1.82) is 0 Å². The fourth-order valence-corrected chi connectivity index (χ4v) is 3.52. The van der Waals surface area contributed by atoms with Gasteiger partial charge in [-0.15, -0.1) is 0 Å². The fourth-order valence-electron chi connectivity index (χ4n) is 3.52. The van der Waals surface area contributed by atoms with Crippen LogP contribution in [-0.4, -0.2) is 64.9 Å². The lowest BCUT2D eigenvalue weighted by molar-refractivity contribution is -0.123. The van der Waals surface area contributed by atoms with Crippen LogP contribution in [0.1, 0.15) is 43.2 Å². The van der Waals surface area contributed by atoms with Gasteiger partial charge < -0.3 is 15.2 Å². The molecule has 2 aromatic rings. The number of fused-ring (bicyclic) bond motifs is 1. The van der Waals surface area contributed by atoms with Crippen LogP contribution < -0.4 is 5.32 Å². The molecule has 6 nitrogen and oxygen atoms in total. The number of rotatable bonds is 3. The number of benzene rings is 1. The quantitative estimate of drug-likeness (QED) is 0.872. The lowest BCUT2D eigenvalue weighted by Gasteiger charge is -2.25. The summed E-state index contributed by atoms with van der Waals surface area (Å²) in [4.78, 5) is 32.4. The van der Waals surface area contributed by atoms with E-state index in [1.807, 2.05) is 44.7 Å². The molecule has 0 aliphatic carbocycles. The summed E-state index contributed by atoms with van der Waals surface area (Å²) in [6.07, 6.45) is 0.869. The van der Waals surface area contributed by atoms with Gasteiger partial charge in [0.1, 0.15) is 5.69 Å². The van der Waals surface area contributed by atoms with Gasteiger partial charge in [-0.05, 0) is 51.8 Å². The van der Waals surface area contributed by atoms with E-state index in [1.165, 1.54) is 5.56 Å². The van der Waals surface area contributed by atoms with E-state index in [9.17, 15) is 9.59 Å². The molecule has 0 radical (unpaired) electrons. The highest BCUT2D eigenvalue weighted by Crippen LogP contribution is 2.18. The Morgan fingerprint density at radius 2 is 1.89 bits per heavy atom. The van der Waals surface area contributed by atoms with Crippen molar-refractivity contribution >= 4 is 22.7 Å². The molecule has 27 heavy (non-hydrogen) atoms. The van der Waals surface area contributed by atoms with Crippen LogP contribution >= 0.6 is 0 Å². The number of amides is 2. The Balaban J connectivity index is 1.61. The van der Waals surface area contributed by atoms with Crippen molar-refractivity contribution < 1.29 is 9.59 Å². The largest absolute Gasteiger partial charge is 0.351 e. The number of hydrogen-bond acceptors (Lipinski definition) is 3. The lowest BCUT2D eigenvalue weighted by atomic mass is 10.1. The predicted molar refractivity (Wildman–Crippen MR) is 108 cm³/mol. The van der Waals surface area contributed by atoms with Gasteiger partial charge in [0.2, 0.25) is 5.91 Å². The van der Waals surface area contributed by atoms with Gasteiger partial charge >= 0.3 is 0 Å². The molecular weight excluding hydrogens is 340 g/mol. The third kappa shape index (κ3) is 5.10. The van der Waals surface area contributed by atoms with Crippen LogP contribution in [0.15, 0.2) is 24.3 Å². The number of aryl methyl sites for hydroxylation is 1. The Morgan fingerprint density at radius 1 is 1.11 bits per heavy atom. The molecule has 2 amide bonds. The monoisotopic (exact) mass is 370 g/mol. The van der Waals surface area contributed by atoms with Gasteiger partial charge in [-0.1, -0.05) is 12.1 Å². The molecule has 0 unspecified atom stereocenters. The number of carbonyl (C=O) groups is 2. The van der Waals surface area contributed by atoms with E-state index in [0.29, 0.717) is 31.9 Å². The molecule has 0 saturated carbocycles. The lowest BCUT2D eigenvalue weighted by Crippen LogP contribution is -2.46. The molecule has 1 aliphatic heterocycles. The minimum absolute atomic E-state index is 0.0323. The normalized spacial score (nSPS) is 16.4. The highest BCUT2D eigenvalue weighted by molar-refractivity contribution is 5.98. The van der Waals surface area contributed by atoms with Crippen molar-refractivity contribution in [1.82, 2.24) is 20.1 Å². The highest BCUT2D eigenvalue weighted by atomic mass is 16.2. The topological polar surface area (TPSA) is 68.4 Å². The van der Waals surface area contributed by atoms with Crippen LogP contribution in [0.4, 0.5) is 0 Å². The average molecular weight is 370 g/mol. The molecule has 0 bridgehead atoms. The minimum Gasteiger partial charge on any atom is -0.351 e. The molecule has 1 aromatic heterocycles. The number of hydrogen-bond donors (Lipinski definition) is 2. The first kappa shape index (κ1) is 19.4. The van der Waals surface area contributed by atoms with Crippen molar-refractivity contribution in [2.24, 2.45) is 0 Å². The predicted octanol–water partition coefficient (Wildman–Crippen LogP) is 2.54. The first-order chi connectivity index (χ1) is 12.7. The van der Waals surface area contributed by atoms with Crippen LogP contribution in [-0.2, 0) is 4.79 Å². The van der Waals surface area contributed by atoms with Gasteiger partial charge in [0.15, 0.2) is 0 Å².